The third-order valence-corrected chi connectivity index (χ3v) is 2.54. The molecule has 1 N–H and O–H groups in total. The monoisotopic (exact) mass is 282 g/mol. The molecule has 0 heterocycles. The van der Waals surface area contributed by atoms with E-state index in [0.29, 0.717) is 5.56 Å². The number of hydrazone groups is 1. The lowest BCUT2D eigenvalue weighted by Crippen LogP contribution is -2.02. The Hall–Kier alpha value is -2.37. The fourth-order valence-electron chi connectivity index (χ4n) is 1.59. The lowest BCUT2D eigenvalue weighted by Gasteiger charge is -2.05. The fourth-order valence-corrected chi connectivity index (χ4v) is 1.59. The smallest absolute Gasteiger partial charge is 0.186 e. The average molecular weight is 282 g/mol. The van der Waals surface area contributed by atoms with Crippen LogP contribution < -0.4 is 5.43 Å². The number of hydrogen-bond acceptors (Lipinski definition) is 2. The Morgan fingerprint density at radius 1 is 1.00 bits per heavy atom. The fraction of sp³-hybridized carbons (Fsp3) is 0.0714. The van der Waals surface area contributed by atoms with Gasteiger partial charge in [-0.1, -0.05) is 29.8 Å². The van der Waals surface area contributed by atoms with E-state index in [1.54, 1.807) is 18.2 Å². The molecule has 0 amide bonds. The predicted octanol–water partition coefficient (Wildman–Crippen LogP) is 4.00. The molecule has 0 aliphatic rings. The molecule has 0 aliphatic carbocycles. The molecule has 0 atom stereocenters. The summed E-state index contributed by atoms with van der Waals surface area (Å²) in [6, 6.07) is 7.28. The summed E-state index contributed by atoms with van der Waals surface area (Å²) < 4.78 is 52.5. The Kier molecular flexibility index (Phi) is 4.02. The van der Waals surface area contributed by atoms with Gasteiger partial charge < -0.3 is 0 Å². The van der Waals surface area contributed by atoms with Crippen molar-refractivity contribution in [2.45, 2.75) is 6.92 Å². The molecule has 0 aromatic heterocycles. The highest BCUT2D eigenvalue weighted by Gasteiger charge is 2.18. The van der Waals surface area contributed by atoms with Crippen LogP contribution in [0.5, 0.6) is 0 Å². The largest absolute Gasteiger partial charge is 0.272 e. The third-order valence-electron chi connectivity index (χ3n) is 2.54. The number of nitrogens with zero attached hydrogens (tertiary/aromatic N) is 1. The first-order valence-corrected chi connectivity index (χ1v) is 5.68. The molecular formula is C14H10F4N2. The highest BCUT2D eigenvalue weighted by Crippen LogP contribution is 2.23. The molecule has 0 unspecified atom stereocenters. The molecular weight excluding hydrogens is 272 g/mol. The summed E-state index contributed by atoms with van der Waals surface area (Å²) in [6.45, 7) is 1.87. The zero-order valence-corrected chi connectivity index (χ0v) is 10.4. The zero-order chi connectivity index (χ0) is 14.7. The Morgan fingerprint density at radius 3 is 2.25 bits per heavy atom. The van der Waals surface area contributed by atoms with E-state index in [0.717, 1.165) is 5.56 Å². The predicted molar refractivity (Wildman–Crippen MR) is 68.7 cm³/mol. The molecule has 2 nitrogen and oxygen atoms in total. The number of rotatable bonds is 3. The van der Waals surface area contributed by atoms with E-state index in [9.17, 15) is 17.6 Å². The number of halogens is 4. The van der Waals surface area contributed by atoms with Gasteiger partial charge in [-0.2, -0.15) is 5.10 Å². The van der Waals surface area contributed by atoms with E-state index in [4.69, 9.17) is 0 Å². The van der Waals surface area contributed by atoms with Crippen LogP contribution in [-0.4, -0.2) is 6.21 Å². The molecule has 0 bridgehead atoms. The lowest BCUT2D eigenvalue weighted by molar-refractivity contribution is 0.458. The van der Waals surface area contributed by atoms with Crippen LogP contribution in [0.1, 0.15) is 11.1 Å². The molecule has 0 spiro atoms. The maximum Gasteiger partial charge on any atom is 0.186 e. The van der Waals surface area contributed by atoms with Gasteiger partial charge >= 0.3 is 0 Å². The minimum Gasteiger partial charge on any atom is -0.272 e. The van der Waals surface area contributed by atoms with Crippen LogP contribution in [-0.2, 0) is 0 Å². The second-order valence-corrected chi connectivity index (χ2v) is 4.13. The van der Waals surface area contributed by atoms with Crippen molar-refractivity contribution in [3.8, 4) is 0 Å². The third kappa shape index (κ3) is 2.96. The Balaban J connectivity index is 2.23. The molecule has 0 radical (unpaired) electrons. The highest BCUT2D eigenvalue weighted by atomic mass is 19.2. The van der Waals surface area contributed by atoms with Gasteiger partial charge in [-0.15, -0.1) is 0 Å². The molecule has 2 rings (SSSR count). The van der Waals surface area contributed by atoms with E-state index in [1.807, 2.05) is 18.4 Å². The average Bonchev–Trinajstić information content (AvgIpc) is 2.40. The second kappa shape index (κ2) is 5.73. The molecule has 0 aliphatic heterocycles. The van der Waals surface area contributed by atoms with Crippen molar-refractivity contribution in [3.05, 3.63) is 64.7 Å². The second-order valence-electron chi connectivity index (χ2n) is 4.13. The van der Waals surface area contributed by atoms with E-state index in [1.165, 1.54) is 6.21 Å². The Bertz CT molecular complexity index is 642. The van der Waals surface area contributed by atoms with Crippen LogP contribution in [0.15, 0.2) is 35.4 Å². The number of aryl methyl sites for hydroxylation is 1. The van der Waals surface area contributed by atoms with Gasteiger partial charge in [-0.05, 0) is 12.5 Å². The maximum atomic E-state index is 13.3. The topological polar surface area (TPSA) is 24.4 Å². The van der Waals surface area contributed by atoms with Crippen molar-refractivity contribution in [1.29, 1.82) is 0 Å². The summed E-state index contributed by atoms with van der Waals surface area (Å²) in [6.07, 6.45) is 1.29. The van der Waals surface area contributed by atoms with Gasteiger partial charge in [0.25, 0.3) is 0 Å². The summed E-state index contributed by atoms with van der Waals surface area (Å²) in [4.78, 5) is 0. The van der Waals surface area contributed by atoms with E-state index in [2.05, 4.69) is 5.10 Å². The molecule has 0 saturated carbocycles. The molecule has 2 aromatic rings. The number of nitrogens with one attached hydrogen (secondary N) is 1. The summed E-state index contributed by atoms with van der Waals surface area (Å²) in [5.41, 5.74) is 2.66. The maximum absolute atomic E-state index is 13.3. The highest BCUT2D eigenvalue weighted by molar-refractivity contribution is 5.80. The van der Waals surface area contributed by atoms with Crippen molar-refractivity contribution < 1.29 is 17.6 Å². The van der Waals surface area contributed by atoms with Gasteiger partial charge in [0.05, 0.1) is 6.21 Å². The molecule has 0 fully saturated rings. The summed E-state index contributed by atoms with van der Waals surface area (Å²) in [5.74, 6) is -6.02. The minimum absolute atomic E-state index is 0.139. The molecule has 20 heavy (non-hydrogen) atoms. The van der Waals surface area contributed by atoms with Gasteiger partial charge in [0, 0.05) is 6.07 Å². The van der Waals surface area contributed by atoms with Crippen molar-refractivity contribution in [2.24, 2.45) is 5.10 Å². The minimum atomic E-state index is -1.52. The van der Waals surface area contributed by atoms with E-state index in [-0.39, 0.29) is 6.07 Å². The molecule has 0 saturated heterocycles. The van der Waals surface area contributed by atoms with Crippen molar-refractivity contribution in [1.82, 2.24) is 0 Å². The zero-order valence-electron chi connectivity index (χ0n) is 10.4. The summed E-state index contributed by atoms with van der Waals surface area (Å²) in [5, 5.41) is 3.57. The number of hydrogen-bond donors (Lipinski definition) is 1. The van der Waals surface area contributed by atoms with Crippen LogP contribution in [0.4, 0.5) is 23.2 Å². The Labute approximate surface area is 112 Å². The van der Waals surface area contributed by atoms with Crippen molar-refractivity contribution >= 4 is 11.9 Å². The summed E-state index contributed by atoms with van der Waals surface area (Å²) in [7, 11) is 0. The van der Waals surface area contributed by atoms with Crippen molar-refractivity contribution in [2.75, 3.05) is 5.43 Å². The van der Waals surface area contributed by atoms with Crippen molar-refractivity contribution in [3.63, 3.8) is 0 Å². The van der Waals surface area contributed by atoms with E-state index < -0.39 is 29.0 Å². The van der Waals surface area contributed by atoms with Crippen LogP contribution in [0.3, 0.4) is 0 Å². The van der Waals surface area contributed by atoms with E-state index >= 15 is 0 Å². The number of benzene rings is 2. The van der Waals surface area contributed by atoms with Crippen LogP contribution in [0.25, 0.3) is 0 Å². The first-order valence-electron chi connectivity index (χ1n) is 5.68. The molecule has 2 aromatic carbocycles. The Morgan fingerprint density at radius 2 is 1.65 bits per heavy atom. The normalized spacial score (nSPS) is 11.1. The van der Waals surface area contributed by atoms with Gasteiger partial charge in [0.1, 0.15) is 5.69 Å². The summed E-state index contributed by atoms with van der Waals surface area (Å²) >= 11 is 0. The van der Waals surface area contributed by atoms with Crippen LogP contribution >= 0.6 is 0 Å². The number of anilines is 1. The molecule has 6 heteroatoms. The standard InChI is InChI=1S/C14H10F4N2/c1-8-3-2-4-9(5-8)7-19-20-14-12(17)10(15)6-11(16)13(14)18/h2-7,20H,1H3. The lowest BCUT2D eigenvalue weighted by atomic mass is 10.2. The first kappa shape index (κ1) is 14.0. The SMILES string of the molecule is Cc1cccc(C=NNc2c(F)c(F)cc(F)c2F)c1. The van der Waals surface area contributed by atoms with Gasteiger partial charge in [0.2, 0.25) is 0 Å². The van der Waals surface area contributed by atoms with Crippen LogP contribution in [0, 0.1) is 30.2 Å². The molecule has 104 valence electrons. The van der Waals surface area contributed by atoms with Gasteiger partial charge in [-0.3, -0.25) is 5.43 Å². The first-order chi connectivity index (χ1) is 9.49. The van der Waals surface area contributed by atoms with Gasteiger partial charge in [-0.25, -0.2) is 17.6 Å². The van der Waals surface area contributed by atoms with Crippen LogP contribution in [0.2, 0.25) is 0 Å². The quantitative estimate of drug-likeness (QED) is 0.391. The van der Waals surface area contributed by atoms with Gasteiger partial charge in [0.15, 0.2) is 23.3 Å².